The predicted molar refractivity (Wildman–Crippen MR) is 95.1 cm³/mol. The van der Waals surface area contributed by atoms with Gasteiger partial charge in [0.25, 0.3) is 5.91 Å². The molecule has 0 saturated carbocycles. The van der Waals surface area contributed by atoms with E-state index in [-0.39, 0.29) is 30.7 Å². The summed E-state index contributed by atoms with van der Waals surface area (Å²) in [7, 11) is 2.05. The Morgan fingerprint density at radius 3 is 2.57 bits per heavy atom. The fourth-order valence-electron chi connectivity index (χ4n) is 1.69. The highest BCUT2D eigenvalue weighted by molar-refractivity contribution is 6.34. The van der Waals surface area contributed by atoms with Crippen LogP contribution in [0.4, 0.5) is 5.69 Å². The van der Waals surface area contributed by atoms with Crippen LogP contribution < -0.4 is 11.1 Å². The molecule has 0 spiro atoms. The molecule has 7 heteroatoms. The average molecular weight is 357 g/mol. The van der Waals surface area contributed by atoms with Crippen LogP contribution >= 0.6 is 36.4 Å². The summed E-state index contributed by atoms with van der Waals surface area (Å²) in [4.78, 5) is 14.2. The summed E-state index contributed by atoms with van der Waals surface area (Å²) in [6.45, 7) is 5.72. The molecule has 0 fully saturated rings. The zero-order valence-corrected chi connectivity index (χ0v) is 14.9. The van der Waals surface area contributed by atoms with E-state index in [4.69, 9.17) is 17.3 Å². The first-order valence-corrected chi connectivity index (χ1v) is 6.87. The molecule has 1 rings (SSSR count). The fraction of sp³-hybridized carbons (Fsp3) is 0.500. The highest BCUT2D eigenvalue weighted by atomic mass is 35.5. The molecule has 4 nitrogen and oxygen atoms in total. The SMILES string of the molecule is CCC(C)N(C)CCNC(=O)c1ccc(N)cc1Cl.Cl.Cl. The number of benzene rings is 1. The Bertz CT molecular complexity index is 443. The summed E-state index contributed by atoms with van der Waals surface area (Å²) >= 11 is 5.99. The maximum Gasteiger partial charge on any atom is 0.252 e. The molecule has 21 heavy (non-hydrogen) atoms. The van der Waals surface area contributed by atoms with Crippen molar-refractivity contribution in [2.24, 2.45) is 0 Å². The van der Waals surface area contributed by atoms with Crippen LogP contribution in [0.15, 0.2) is 18.2 Å². The minimum atomic E-state index is -0.164. The van der Waals surface area contributed by atoms with Crippen molar-refractivity contribution in [1.82, 2.24) is 10.2 Å². The molecule has 0 bridgehead atoms. The van der Waals surface area contributed by atoms with Gasteiger partial charge in [-0.25, -0.2) is 0 Å². The molecule has 3 N–H and O–H groups in total. The lowest BCUT2D eigenvalue weighted by molar-refractivity contribution is 0.0947. The van der Waals surface area contributed by atoms with Crippen LogP contribution in [0.2, 0.25) is 5.02 Å². The second kappa shape index (κ2) is 11.0. The van der Waals surface area contributed by atoms with E-state index in [9.17, 15) is 4.79 Å². The van der Waals surface area contributed by atoms with E-state index in [1.807, 2.05) is 0 Å². The maximum absolute atomic E-state index is 11.9. The van der Waals surface area contributed by atoms with Crippen molar-refractivity contribution in [3.63, 3.8) is 0 Å². The summed E-state index contributed by atoms with van der Waals surface area (Å²) in [5, 5.41) is 3.25. The third-order valence-corrected chi connectivity index (χ3v) is 3.64. The molecule has 0 aromatic heterocycles. The molecule has 0 radical (unpaired) electrons. The standard InChI is InChI=1S/C14H22ClN3O.2ClH/c1-4-10(2)18(3)8-7-17-14(19)12-6-5-11(16)9-13(12)15;;/h5-6,9-10H,4,7-8,16H2,1-3H3,(H,17,19);2*1H. The molecule has 0 heterocycles. The van der Waals surface area contributed by atoms with Crippen LogP contribution in [0, 0.1) is 0 Å². The van der Waals surface area contributed by atoms with Crippen molar-refractivity contribution < 1.29 is 4.79 Å². The van der Waals surface area contributed by atoms with Gasteiger partial charge in [-0.05, 0) is 38.6 Å². The summed E-state index contributed by atoms with van der Waals surface area (Å²) in [6.07, 6.45) is 1.09. The summed E-state index contributed by atoms with van der Waals surface area (Å²) in [5.41, 5.74) is 6.61. The molecular weight excluding hydrogens is 333 g/mol. The van der Waals surface area contributed by atoms with E-state index in [1.165, 1.54) is 0 Å². The number of nitrogens with one attached hydrogen (secondary N) is 1. The predicted octanol–water partition coefficient (Wildman–Crippen LogP) is 3.23. The van der Waals surface area contributed by atoms with Crippen LogP contribution in [0.5, 0.6) is 0 Å². The average Bonchev–Trinajstić information content (AvgIpc) is 2.37. The highest BCUT2D eigenvalue weighted by Gasteiger charge is 2.11. The van der Waals surface area contributed by atoms with E-state index in [1.54, 1.807) is 18.2 Å². The number of halogens is 3. The van der Waals surface area contributed by atoms with Crippen molar-refractivity contribution in [2.45, 2.75) is 26.3 Å². The van der Waals surface area contributed by atoms with E-state index < -0.39 is 0 Å². The van der Waals surface area contributed by atoms with Crippen LogP contribution in [0.3, 0.4) is 0 Å². The first kappa shape index (κ1) is 22.6. The van der Waals surface area contributed by atoms with Gasteiger partial charge in [0.15, 0.2) is 0 Å². The van der Waals surface area contributed by atoms with Crippen molar-refractivity contribution in [3.05, 3.63) is 28.8 Å². The number of amides is 1. The van der Waals surface area contributed by atoms with Gasteiger partial charge in [0.1, 0.15) is 0 Å². The Labute approximate surface area is 144 Å². The van der Waals surface area contributed by atoms with Crippen LogP contribution in [0.1, 0.15) is 30.6 Å². The molecule has 1 unspecified atom stereocenters. The van der Waals surface area contributed by atoms with Crippen LogP contribution in [-0.2, 0) is 0 Å². The quantitative estimate of drug-likeness (QED) is 0.769. The highest BCUT2D eigenvalue weighted by Crippen LogP contribution is 2.18. The number of likely N-dealkylation sites (N-methyl/N-ethyl adjacent to an activating group) is 1. The van der Waals surface area contributed by atoms with E-state index in [2.05, 4.69) is 31.1 Å². The van der Waals surface area contributed by atoms with Gasteiger partial charge in [-0.3, -0.25) is 4.79 Å². The van der Waals surface area contributed by atoms with E-state index in [0.29, 0.717) is 28.9 Å². The Morgan fingerprint density at radius 1 is 1.43 bits per heavy atom. The first-order chi connectivity index (χ1) is 8.95. The summed E-state index contributed by atoms with van der Waals surface area (Å²) in [5.74, 6) is -0.164. The maximum atomic E-state index is 11.9. The topological polar surface area (TPSA) is 58.4 Å². The number of hydrogen-bond acceptors (Lipinski definition) is 3. The summed E-state index contributed by atoms with van der Waals surface area (Å²) in [6, 6.07) is 5.41. The largest absolute Gasteiger partial charge is 0.399 e. The second-order valence-electron chi connectivity index (χ2n) is 4.73. The Kier molecular flexibility index (Phi) is 11.8. The Morgan fingerprint density at radius 2 is 2.05 bits per heavy atom. The van der Waals surface area contributed by atoms with Crippen molar-refractivity contribution in [3.8, 4) is 0 Å². The van der Waals surface area contributed by atoms with E-state index >= 15 is 0 Å². The number of nitrogens with zero attached hydrogens (tertiary/aromatic N) is 1. The van der Waals surface area contributed by atoms with Crippen molar-refractivity contribution in [1.29, 1.82) is 0 Å². The minimum absolute atomic E-state index is 0. The van der Waals surface area contributed by atoms with Crippen LogP contribution in [-0.4, -0.2) is 37.0 Å². The third kappa shape index (κ3) is 7.23. The zero-order valence-electron chi connectivity index (χ0n) is 12.6. The van der Waals surface area contributed by atoms with Gasteiger partial charge >= 0.3 is 0 Å². The van der Waals surface area contributed by atoms with Crippen molar-refractivity contribution >= 4 is 48.0 Å². The molecular formula is C14H24Cl3N3O. The molecule has 1 aromatic rings. The monoisotopic (exact) mass is 355 g/mol. The van der Waals surface area contributed by atoms with Gasteiger partial charge in [0, 0.05) is 24.8 Å². The Balaban J connectivity index is 0. The van der Waals surface area contributed by atoms with Gasteiger partial charge in [0.2, 0.25) is 0 Å². The number of carbonyl (C=O) groups is 1. The molecule has 1 atom stereocenters. The molecule has 1 aromatic carbocycles. The van der Waals surface area contributed by atoms with Gasteiger partial charge < -0.3 is 16.0 Å². The summed E-state index contributed by atoms with van der Waals surface area (Å²) < 4.78 is 0. The molecule has 0 aliphatic rings. The lowest BCUT2D eigenvalue weighted by Crippen LogP contribution is -2.37. The molecule has 0 aliphatic carbocycles. The normalized spacial score (nSPS) is 11.3. The molecule has 0 aliphatic heterocycles. The van der Waals surface area contributed by atoms with E-state index in [0.717, 1.165) is 13.0 Å². The number of hydrogen-bond donors (Lipinski definition) is 2. The van der Waals surface area contributed by atoms with Gasteiger partial charge in [-0.2, -0.15) is 0 Å². The first-order valence-electron chi connectivity index (χ1n) is 6.49. The number of rotatable bonds is 6. The van der Waals surface area contributed by atoms with Crippen molar-refractivity contribution in [2.75, 3.05) is 25.9 Å². The smallest absolute Gasteiger partial charge is 0.252 e. The zero-order chi connectivity index (χ0) is 14.4. The lowest BCUT2D eigenvalue weighted by Gasteiger charge is -2.23. The number of carbonyl (C=O) groups excluding carboxylic acids is 1. The second-order valence-corrected chi connectivity index (χ2v) is 5.14. The Hall–Kier alpha value is -0.680. The molecule has 1 amide bonds. The van der Waals surface area contributed by atoms with Gasteiger partial charge in [-0.1, -0.05) is 18.5 Å². The number of nitrogen functional groups attached to an aromatic ring is 1. The number of anilines is 1. The lowest BCUT2D eigenvalue weighted by atomic mass is 10.2. The van der Waals surface area contributed by atoms with Gasteiger partial charge in [0.05, 0.1) is 10.6 Å². The molecule has 122 valence electrons. The van der Waals surface area contributed by atoms with Crippen LogP contribution in [0.25, 0.3) is 0 Å². The fourth-order valence-corrected chi connectivity index (χ4v) is 1.96. The van der Waals surface area contributed by atoms with Gasteiger partial charge in [-0.15, -0.1) is 24.8 Å². The third-order valence-electron chi connectivity index (χ3n) is 3.33. The minimum Gasteiger partial charge on any atom is -0.399 e. The number of nitrogens with two attached hydrogens (primary N) is 1. The molecule has 0 saturated heterocycles.